The number of nitrogens with two attached hydrogens (primary N) is 1. The van der Waals surface area contributed by atoms with E-state index in [1.165, 1.54) is 19.3 Å². The third kappa shape index (κ3) is 3.03. The van der Waals surface area contributed by atoms with Crippen molar-refractivity contribution >= 4 is 5.78 Å². The Balaban J connectivity index is 2.06. The fourth-order valence-corrected chi connectivity index (χ4v) is 3.71. The first-order valence-corrected chi connectivity index (χ1v) is 7.94. The van der Waals surface area contributed by atoms with Crippen molar-refractivity contribution < 1.29 is 9.53 Å². The molecule has 0 aromatic carbocycles. The Morgan fingerprint density at radius 2 is 2.05 bits per heavy atom. The van der Waals surface area contributed by atoms with E-state index < -0.39 is 0 Å². The molecule has 2 fully saturated rings. The van der Waals surface area contributed by atoms with Gasteiger partial charge in [-0.2, -0.15) is 0 Å². The molecule has 0 amide bonds. The Kier molecular flexibility index (Phi) is 4.67. The van der Waals surface area contributed by atoms with E-state index in [1.54, 1.807) is 0 Å². The molecular formula is C16H29NO2. The zero-order valence-electron chi connectivity index (χ0n) is 12.5. The van der Waals surface area contributed by atoms with Crippen molar-refractivity contribution in [2.75, 3.05) is 13.2 Å². The van der Waals surface area contributed by atoms with Crippen molar-refractivity contribution in [1.29, 1.82) is 0 Å². The zero-order valence-corrected chi connectivity index (χ0v) is 12.5. The number of carbonyl (C=O) groups is 1. The summed E-state index contributed by atoms with van der Waals surface area (Å²) in [4.78, 5) is 12.8. The van der Waals surface area contributed by atoms with Crippen LogP contribution in [0, 0.1) is 11.3 Å². The van der Waals surface area contributed by atoms with Crippen LogP contribution in [0.3, 0.4) is 0 Å². The molecular weight excluding hydrogens is 238 g/mol. The minimum Gasteiger partial charge on any atom is -0.375 e. The minimum absolute atomic E-state index is 0.0140. The molecule has 1 saturated heterocycles. The molecule has 2 atom stereocenters. The highest BCUT2D eigenvalue weighted by molar-refractivity contribution is 5.87. The van der Waals surface area contributed by atoms with Crippen molar-refractivity contribution in [2.24, 2.45) is 17.1 Å². The van der Waals surface area contributed by atoms with Crippen LogP contribution in [0.25, 0.3) is 0 Å². The first-order chi connectivity index (χ1) is 9.05. The monoisotopic (exact) mass is 267 g/mol. The number of rotatable bonds is 4. The van der Waals surface area contributed by atoms with E-state index in [0.717, 1.165) is 38.7 Å². The van der Waals surface area contributed by atoms with Crippen LogP contribution in [0.5, 0.6) is 0 Å². The van der Waals surface area contributed by atoms with Gasteiger partial charge in [0.25, 0.3) is 0 Å². The van der Waals surface area contributed by atoms with E-state index in [-0.39, 0.29) is 16.9 Å². The summed E-state index contributed by atoms with van der Waals surface area (Å²) < 4.78 is 6.08. The fourth-order valence-electron chi connectivity index (χ4n) is 3.71. The predicted molar refractivity (Wildman–Crippen MR) is 77.0 cm³/mol. The molecule has 1 spiro atoms. The quantitative estimate of drug-likeness (QED) is 0.851. The largest absolute Gasteiger partial charge is 0.375 e. The molecule has 1 saturated carbocycles. The van der Waals surface area contributed by atoms with Gasteiger partial charge in [-0.25, -0.2) is 0 Å². The van der Waals surface area contributed by atoms with Crippen molar-refractivity contribution in [1.82, 2.24) is 0 Å². The summed E-state index contributed by atoms with van der Waals surface area (Å²) in [7, 11) is 0. The first kappa shape index (κ1) is 15.0. The van der Waals surface area contributed by atoms with E-state index >= 15 is 0 Å². The summed E-state index contributed by atoms with van der Waals surface area (Å²) in [6.45, 7) is 5.31. The van der Waals surface area contributed by atoms with Crippen molar-refractivity contribution in [3.05, 3.63) is 0 Å². The number of hydrogen-bond acceptors (Lipinski definition) is 3. The molecule has 110 valence electrons. The zero-order chi connectivity index (χ0) is 13.9. The molecule has 2 unspecified atom stereocenters. The fraction of sp³-hybridized carbons (Fsp3) is 0.938. The van der Waals surface area contributed by atoms with E-state index in [2.05, 4.69) is 6.92 Å². The number of Topliss-reactive ketones (excluding diaryl/α,β-unsaturated/α-hetero) is 1. The SMILES string of the molecule is CCC(C)(CN)C(=O)C1CCOC2(CCCCC2)C1. The molecule has 19 heavy (non-hydrogen) atoms. The van der Waals surface area contributed by atoms with E-state index in [4.69, 9.17) is 10.5 Å². The molecule has 3 nitrogen and oxygen atoms in total. The van der Waals surface area contributed by atoms with Gasteiger partial charge < -0.3 is 10.5 Å². The predicted octanol–water partition coefficient (Wildman–Crippen LogP) is 3.06. The van der Waals surface area contributed by atoms with Crippen LogP contribution in [0.15, 0.2) is 0 Å². The molecule has 1 heterocycles. The van der Waals surface area contributed by atoms with Crippen LogP contribution < -0.4 is 5.73 Å². The molecule has 2 N–H and O–H groups in total. The third-order valence-corrected chi connectivity index (χ3v) is 5.45. The van der Waals surface area contributed by atoms with E-state index in [0.29, 0.717) is 12.3 Å². The number of ketones is 1. The van der Waals surface area contributed by atoms with Crippen LogP contribution in [-0.4, -0.2) is 24.5 Å². The van der Waals surface area contributed by atoms with Gasteiger partial charge in [0.2, 0.25) is 0 Å². The van der Waals surface area contributed by atoms with Crippen molar-refractivity contribution in [2.45, 2.75) is 70.8 Å². The Bertz CT molecular complexity index is 311. The lowest BCUT2D eigenvalue weighted by Gasteiger charge is -2.44. The Morgan fingerprint density at radius 1 is 1.37 bits per heavy atom. The summed E-state index contributed by atoms with van der Waals surface area (Å²) in [6, 6.07) is 0. The molecule has 2 aliphatic rings. The van der Waals surface area contributed by atoms with Crippen LogP contribution in [0.4, 0.5) is 0 Å². The average Bonchev–Trinajstić information content (AvgIpc) is 2.46. The summed E-state index contributed by atoms with van der Waals surface area (Å²) in [6.07, 6.45) is 8.76. The third-order valence-electron chi connectivity index (χ3n) is 5.45. The van der Waals surface area contributed by atoms with Gasteiger partial charge in [0.15, 0.2) is 0 Å². The summed E-state index contributed by atoms with van der Waals surface area (Å²) in [5.74, 6) is 0.547. The van der Waals surface area contributed by atoms with Gasteiger partial charge in [0.05, 0.1) is 5.60 Å². The van der Waals surface area contributed by atoms with Crippen molar-refractivity contribution in [3.8, 4) is 0 Å². The lowest BCUT2D eigenvalue weighted by atomic mass is 9.69. The molecule has 0 aromatic heterocycles. The maximum atomic E-state index is 12.8. The van der Waals surface area contributed by atoms with Crippen molar-refractivity contribution in [3.63, 3.8) is 0 Å². The van der Waals surface area contributed by atoms with E-state index in [1.807, 2.05) is 6.92 Å². The Hall–Kier alpha value is -0.410. The topological polar surface area (TPSA) is 52.3 Å². The van der Waals surface area contributed by atoms with Gasteiger partial charge in [0, 0.05) is 24.5 Å². The number of hydrogen-bond donors (Lipinski definition) is 1. The van der Waals surface area contributed by atoms with Gasteiger partial charge in [0.1, 0.15) is 5.78 Å². The standard InChI is InChI=1S/C16H29NO2/c1-3-15(2,12-17)14(18)13-7-10-19-16(11-13)8-5-4-6-9-16/h13H,3-12,17H2,1-2H3. The Morgan fingerprint density at radius 3 is 2.63 bits per heavy atom. The maximum Gasteiger partial charge on any atom is 0.143 e. The molecule has 0 aromatic rings. The van der Waals surface area contributed by atoms with Crippen LogP contribution >= 0.6 is 0 Å². The summed E-state index contributed by atoms with van der Waals surface area (Å²) in [5, 5.41) is 0. The van der Waals surface area contributed by atoms with Gasteiger partial charge >= 0.3 is 0 Å². The highest BCUT2D eigenvalue weighted by Crippen LogP contribution is 2.42. The van der Waals surface area contributed by atoms with Crippen LogP contribution in [0.2, 0.25) is 0 Å². The first-order valence-electron chi connectivity index (χ1n) is 7.94. The van der Waals surface area contributed by atoms with Gasteiger partial charge in [-0.3, -0.25) is 4.79 Å². The van der Waals surface area contributed by atoms with Crippen LogP contribution in [-0.2, 0) is 9.53 Å². The number of ether oxygens (including phenoxy) is 1. The van der Waals surface area contributed by atoms with Gasteiger partial charge in [-0.05, 0) is 32.1 Å². The van der Waals surface area contributed by atoms with Gasteiger partial charge in [-0.1, -0.05) is 33.1 Å². The van der Waals surface area contributed by atoms with Gasteiger partial charge in [-0.15, -0.1) is 0 Å². The second kappa shape index (κ2) is 5.92. The summed E-state index contributed by atoms with van der Waals surface area (Å²) >= 11 is 0. The second-order valence-corrected chi connectivity index (χ2v) is 6.76. The highest BCUT2D eigenvalue weighted by atomic mass is 16.5. The lowest BCUT2D eigenvalue weighted by Crippen LogP contribution is -2.47. The average molecular weight is 267 g/mol. The minimum atomic E-state index is -0.335. The second-order valence-electron chi connectivity index (χ2n) is 6.76. The lowest BCUT2D eigenvalue weighted by molar-refractivity contribution is -0.150. The maximum absolute atomic E-state index is 12.8. The van der Waals surface area contributed by atoms with Crippen LogP contribution in [0.1, 0.15) is 65.2 Å². The van der Waals surface area contributed by atoms with E-state index in [9.17, 15) is 4.79 Å². The molecule has 0 bridgehead atoms. The summed E-state index contributed by atoms with van der Waals surface area (Å²) in [5.41, 5.74) is 5.52. The molecule has 2 rings (SSSR count). The molecule has 1 aliphatic heterocycles. The Labute approximate surface area is 117 Å². The smallest absolute Gasteiger partial charge is 0.143 e. The molecule has 1 aliphatic carbocycles. The highest BCUT2D eigenvalue weighted by Gasteiger charge is 2.44. The number of carbonyl (C=O) groups excluding carboxylic acids is 1. The normalized spacial score (nSPS) is 29.9. The molecule has 0 radical (unpaired) electrons. The molecule has 3 heteroatoms.